The highest BCUT2D eigenvalue weighted by Gasteiger charge is 2.16. The Balaban J connectivity index is 1.85. The lowest BCUT2D eigenvalue weighted by Gasteiger charge is -2.19. The molecule has 2 aromatic carbocycles. The summed E-state index contributed by atoms with van der Waals surface area (Å²) in [5, 5.41) is 4.26. The fourth-order valence-corrected chi connectivity index (χ4v) is 2.26. The number of carbonyl (C=O) groups excluding carboxylic acids is 2. The predicted octanol–water partition coefficient (Wildman–Crippen LogP) is 3.82. The monoisotopic (exact) mass is 388 g/mol. The quantitative estimate of drug-likeness (QED) is 0.463. The van der Waals surface area contributed by atoms with Crippen molar-refractivity contribution >= 4 is 29.7 Å². The second-order valence-electron chi connectivity index (χ2n) is 6.62. The molecule has 7 heteroatoms. The molecule has 0 saturated heterocycles. The summed E-state index contributed by atoms with van der Waals surface area (Å²) >= 11 is 5.96. The Morgan fingerprint density at radius 2 is 1.78 bits per heavy atom. The fourth-order valence-electron chi connectivity index (χ4n) is 2.03. The van der Waals surface area contributed by atoms with Crippen molar-refractivity contribution in [3.8, 4) is 5.75 Å². The van der Waals surface area contributed by atoms with Crippen LogP contribution in [0.5, 0.6) is 5.75 Å². The molecule has 0 aliphatic carbocycles. The third-order valence-corrected chi connectivity index (χ3v) is 3.48. The number of amides is 1. The Hall–Kier alpha value is -2.86. The summed E-state index contributed by atoms with van der Waals surface area (Å²) in [6.45, 7) is 5.22. The highest BCUT2D eigenvalue weighted by molar-refractivity contribution is 6.33. The van der Waals surface area contributed by atoms with Crippen molar-refractivity contribution < 1.29 is 19.1 Å². The van der Waals surface area contributed by atoms with Crippen LogP contribution in [0.4, 0.5) is 0 Å². The van der Waals surface area contributed by atoms with E-state index in [1.54, 1.807) is 69.3 Å². The summed E-state index contributed by atoms with van der Waals surface area (Å²) in [4.78, 5) is 23.6. The van der Waals surface area contributed by atoms with E-state index < -0.39 is 17.5 Å². The number of halogens is 1. The van der Waals surface area contributed by atoms with Crippen molar-refractivity contribution in [2.75, 3.05) is 6.61 Å². The number of hydrogen-bond donors (Lipinski definition) is 1. The molecular formula is C20H21ClN2O4. The molecule has 2 aromatic rings. The van der Waals surface area contributed by atoms with Crippen LogP contribution in [0.3, 0.4) is 0 Å². The summed E-state index contributed by atoms with van der Waals surface area (Å²) in [5.74, 6) is -0.303. The van der Waals surface area contributed by atoms with Gasteiger partial charge in [-0.2, -0.15) is 5.10 Å². The average molecular weight is 389 g/mol. The van der Waals surface area contributed by atoms with Gasteiger partial charge in [0.25, 0.3) is 5.91 Å². The predicted molar refractivity (Wildman–Crippen MR) is 104 cm³/mol. The number of rotatable bonds is 6. The molecule has 27 heavy (non-hydrogen) atoms. The number of benzene rings is 2. The van der Waals surface area contributed by atoms with Gasteiger partial charge >= 0.3 is 5.97 Å². The Morgan fingerprint density at radius 1 is 1.11 bits per heavy atom. The molecule has 142 valence electrons. The van der Waals surface area contributed by atoms with E-state index in [2.05, 4.69) is 10.5 Å². The molecule has 0 unspecified atom stereocenters. The van der Waals surface area contributed by atoms with Crippen molar-refractivity contribution in [1.82, 2.24) is 5.43 Å². The molecule has 0 spiro atoms. The molecule has 0 radical (unpaired) electrons. The third kappa shape index (κ3) is 7.11. The first-order chi connectivity index (χ1) is 12.7. The summed E-state index contributed by atoms with van der Waals surface area (Å²) in [5.41, 5.74) is 2.97. The van der Waals surface area contributed by atoms with Gasteiger partial charge in [-0.15, -0.1) is 0 Å². The molecule has 0 fully saturated rings. The van der Waals surface area contributed by atoms with Crippen molar-refractivity contribution in [1.29, 1.82) is 0 Å². The number of nitrogens with one attached hydrogen (secondary N) is 1. The maximum absolute atomic E-state index is 12.0. The van der Waals surface area contributed by atoms with Crippen molar-refractivity contribution in [3.05, 3.63) is 64.7 Å². The van der Waals surface area contributed by atoms with Crippen molar-refractivity contribution in [2.24, 2.45) is 5.10 Å². The van der Waals surface area contributed by atoms with Gasteiger partial charge in [0, 0.05) is 0 Å². The Kier molecular flexibility index (Phi) is 6.96. The average Bonchev–Trinajstić information content (AvgIpc) is 2.60. The molecule has 0 aliphatic heterocycles. The van der Waals surface area contributed by atoms with E-state index in [-0.39, 0.29) is 6.61 Å². The number of esters is 1. The van der Waals surface area contributed by atoms with Crippen molar-refractivity contribution in [2.45, 2.75) is 26.4 Å². The van der Waals surface area contributed by atoms with Gasteiger partial charge in [0.1, 0.15) is 11.4 Å². The Morgan fingerprint density at radius 3 is 2.41 bits per heavy atom. The second-order valence-corrected chi connectivity index (χ2v) is 7.03. The first-order valence-electron chi connectivity index (χ1n) is 8.27. The maximum atomic E-state index is 12.0. The van der Waals surface area contributed by atoms with E-state index in [9.17, 15) is 9.59 Å². The molecule has 2 rings (SSSR count). The summed E-state index contributed by atoms with van der Waals surface area (Å²) < 4.78 is 10.5. The van der Waals surface area contributed by atoms with E-state index in [4.69, 9.17) is 21.1 Å². The van der Waals surface area contributed by atoms with Crippen LogP contribution in [0.2, 0.25) is 5.02 Å². The SMILES string of the molecule is CC(C)(C)OC(=O)COc1ccc(/C=N/NC(=O)c2ccccc2Cl)cc1. The normalized spacial score (nSPS) is 11.3. The zero-order valence-corrected chi connectivity index (χ0v) is 16.1. The van der Waals surface area contributed by atoms with Crippen LogP contribution in [0.15, 0.2) is 53.6 Å². The van der Waals surface area contributed by atoms with Crippen LogP contribution in [0, 0.1) is 0 Å². The molecular weight excluding hydrogens is 368 g/mol. The molecule has 0 aromatic heterocycles. The topological polar surface area (TPSA) is 77.0 Å². The maximum Gasteiger partial charge on any atom is 0.344 e. The van der Waals surface area contributed by atoms with Crippen LogP contribution in [-0.2, 0) is 9.53 Å². The fraction of sp³-hybridized carbons (Fsp3) is 0.250. The second kappa shape index (κ2) is 9.19. The van der Waals surface area contributed by atoms with E-state index in [0.717, 1.165) is 5.56 Å². The molecule has 1 N–H and O–H groups in total. The van der Waals surface area contributed by atoms with Gasteiger partial charge in [-0.05, 0) is 62.7 Å². The zero-order valence-electron chi connectivity index (χ0n) is 15.4. The largest absolute Gasteiger partial charge is 0.482 e. The van der Waals surface area contributed by atoms with Gasteiger partial charge in [-0.1, -0.05) is 23.7 Å². The Labute approximate surface area is 163 Å². The molecule has 0 heterocycles. The molecule has 6 nitrogen and oxygen atoms in total. The first-order valence-corrected chi connectivity index (χ1v) is 8.65. The molecule has 0 saturated carbocycles. The number of hydrogen-bond acceptors (Lipinski definition) is 5. The molecule has 0 aliphatic rings. The number of nitrogens with zero attached hydrogens (tertiary/aromatic N) is 1. The lowest BCUT2D eigenvalue weighted by Crippen LogP contribution is -2.27. The highest BCUT2D eigenvalue weighted by Crippen LogP contribution is 2.15. The number of carbonyl (C=O) groups is 2. The van der Waals surface area contributed by atoms with E-state index in [1.165, 1.54) is 6.21 Å². The highest BCUT2D eigenvalue weighted by atomic mass is 35.5. The van der Waals surface area contributed by atoms with E-state index >= 15 is 0 Å². The zero-order chi connectivity index (χ0) is 19.9. The standard InChI is InChI=1S/C20H21ClN2O4/c1-20(2,3)27-18(24)13-26-15-10-8-14(9-11-15)12-22-23-19(25)16-6-4-5-7-17(16)21/h4-12H,13H2,1-3H3,(H,23,25)/b22-12+. The van der Waals surface area contributed by atoms with Crippen LogP contribution < -0.4 is 10.2 Å². The van der Waals surface area contributed by atoms with Gasteiger partial charge in [-0.25, -0.2) is 10.2 Å². The van der Waals surface area contributed by atoms with Crippen LogP contribution in [0.1, 0.15) is 36.7 Å². The lowest BCUT2D eigenvalue weighted by molar-refractivity contribution is -0.157. The van der Waals surface area contributed by atoms with Gasteiger partial charge in [0.15, 0.2) is 6.61 Å². The summed E-state index contributed by atoms with van der Waals surface area (Å²) in [6, 6.07) is 13.6. The van der Waals surface area contributed by atoms with Crippen LogP contribution in [0.25, 0.3) is 0 Å². The summed E-state index contributed by atoms with van der Waals surface area (Å²) in [7, 11) is 0. The molecule has 0 bridgehead atoms. The first kappa shape index (κ1) is 20.5. The van der Waals surface area contributed by atoms with Gasteiger partial charge in [0.2, 0.25) is 0 Å². The van der Waals surface area contributed by atoms with Gasteiger partial charge in [0.05, 0.1) is 16.8 Å². The minimum atomic E-state index is -0.546. The van der Waals surface area contributed by atoms with Gasteiger partial charge in [-0.3, -0.25) is 4.79 Å². The van der Waals surface area contributed by atoms with Crippen LogP contribution >= 0.6 is 11.6 Å². The lowest BCUT2D eigenvalue weighted by atomic mass is 10.2. The third-order valence-electron chi connectivity index (χ3n) is 3.16. The summed E-state index contributed by atoms with van der Waals surface area (Å²) in [6.07, 6.45) is 1.49. The van der Waals surface area contributed by atoms with Crippen molar-refractivity contribution in [3.63, 3.8) is 0 Å². The Bertz CT molecular complexity index is 827. The van der Waals surface area contributed by atoms with Gasteiger partial charge < -0.3 is 9.47 Å². The molecule has 1 amide bonds. The minimum Gasteiger partial charge on any atom is -0.482 e. The smallest absolute Gasteiger partial charge is 0.344 e. The molecule has 0 atom stereocenters. The number of ether oxygens (including phenoxy) is 2. The van der Waals surface area contributed by atoms with E-state index in [0.29, 0.717) is 16.3 Å². The minimum absolute atomic E-state index is 0.168. The van der Waals surface area contributed by atoms with Crippen LogP contribution in [-0.4, -0.2) is 30.3 Å². The number of hydrazone groups is 1. The van der Waals surface area contributed by atoms with E-state index in [1.807, 2.05) is 0 Å².